The van der Waals surface area contributed by atoms with Crippen molar-refractivity contribution in [2.75, 3.05) is 4.90 Å². The van der Waals surface area contributed by atoms with Crippen LogP contribution in [0.1, 0.15) is 21.5 Å². The highest BCUT2D eigenvalue weighted by Gasteiger charge is 2.18. The molecule has 1 N–H and O–H groups in total. The Kier molecular flexibility index (Phi) is 5.44. The highest BCUT2D eigenvalue weighted by molar-refractivity contribution is 6.06. The summed E-state index contributed by atoms with van der Waals surface area (Å²) in [4.78, 5) is 25.8. The zero-order chi connectivity index (χ0) is 18.4. The molecule has 0 unspecified atom stereocenters. The average molecular weight is 345 g/mol. The number of carboxylic acids is 1. The van der Waals surface area contributed by atoms with Gasteiger partial charge in [-0.05, 0) is 35.4 Å². The van der Waals surface area contributed by atoms with E-state index in [0.717, 1.165) is 5.56 Å². The van der Waals surface area contributed by atoms with E-state index in [0.29, 0.717) is 23.4 Å². The standard InChI is InChI=1S/C22H19NO3/c24-21(25)15-18-10-7-13-20(14-18)23(16-17-8-3-1-4-9-17)22(26)19-11-5-2-6-12-19/h1-14H,15-16H2,(H,24,25). The maximum absolute atomic E-state index is 13.1. The number of hydrogen-bond acceptors (Lipinski definition) is 2. The Balaban J connectivity index is 1.97. The Morgan fingerprint density at radius 1 is 0.769 bits per heavy atom. The minimum absolute atomic E-state index is 0.0768. The number of nitrogens with zero attached hydrogens (tertiary/aromatic N) is 1. The second kappa shape index (κ2) is 8.12. The Labute approximate surface area is 152 Å². The molecule has 0 saturated carbocycles. The van der Waals surface area contributed by atoms with E-state index >= 15 is 0 Å². The van der Waals surface area contributed by atoms with Crippen molar-refractivity contribution in [3.05, 3.63) is 102 Å². The molecule has 3 rings (SSSR count). The normalized spacial score (nSPS) is 10.3. The Bertz CT molecular complexity index is 892. The Hall–Kier alpha value is -3.40. The number of aliphatic carboxylic acids is 1. The molecule has 0 saturated heterocycles. The first-order valence-corrected chi connectivity index (χ1v) is 8.35. The molecular formula is C22H19NO3. The van der Waals surface area contributed by atoms with Gasteiger partial charge in [-0.1, -0.05) is 60.7 Å². The number of amides is 1. The smallest absolute Gasteiger partial charge is 0.307 e. The van der Waals surface area contributed by atoms with Crippen LogP contribution < -0.4 is 4.90 Å². The van der Waals surface area contributed by atoms with Crippen LogP contribution in [0.25, 0.3) is 0 Å². The maximum Gasteiger partial charge on any atom is 0.307 e. The molecule has 0 aliphatic heterocycles. The van der Waals surface area contributed by atoms with Crippen molar-refractivity contribution in [2.45, 2.75) is 13.0 Å². The van der Waals surface area contributed by atoms with Gasteiger partial charge >= 0.3 is 5.97 Å². The zero-order valence-corrected chi connectivity index (χ0v) is 14.2. The zero-order valence-electron chi connectivity index (χ0n) is 14.2. The third kappa shape index (κ3) is 4.36. The molecule has 3 aromatic carbocycles. The first-order valence-electron chi connectivity index (χ1n) is 8.35. The molecule has 0 bridgehead atoms. The lowest BCUT2D eigenvalue weighted by molar-refractivity contribution is -0.136. The summed E-state index contributed by atoms with van der Waals surface area (Å²) < 4.78 is 0. The summed E-state index contributed by atoms with van der Waals surface area (Å²) in [6.07, 6.45) is -0.0768. The van der Waals surface area contributed by atoms with E-state index in [2.05, 4.69) is 0 Å². The lowest BCUT2D eigenvalue weighted by Gasteiger charge is -2.24. The summed E-state index contributed by atoms with van der Waals surface area (Å²) in [6, 6.07) is 25.9. The van der Waals surface area contributed by atoms with Crippen LogP contribution in [0.3, 0.4) is 0 Å². The molecule has 4 nitrogen and oxygen atoms in total. The third-order valence-corrected chi connectivity index (χ3v) is 4.03. The maximum atomic E-state index is 13.1. The number of anilines is 1. The van der Waals surface area contributed by atoms with Crippen molar-refractivity contribution < 1.29 is 14.7 Å². The van der Waals surface area contributed by atoms with Crippen LogP contribution in [-0.2, 0) is 17.8 Å². The summed E-state index contributed by atoms with van der Waals surface area (Å²) in [5.41, 5.74) is 2.93. The molecule has 0 spiro atoms. The van der Waals surface area contributed by atoms with E-state index in [1.54, 1.807) is 35.2 Å². The van der Waals surface area contributed by atoms with Crippen molar-refractivity contribution >= 4 is 17.6 Å². The summed E-state index contributed by atoms with van der Waals surface area (Å²) in [5.74, 6) is -1.02. The van der Waals surface area contributed by atoms with Crippen molar-refractivity contribution in [1.82, 2.24) is 0 Å². The lowest BCUT2D eigenvalue weighted by atomic mass is 10.1. The molecule has 0 atom stereocenters. The van der Waals surface area contributed by atoms with Crippen molar-refractivity contribution in [2.24, 2.45) is 0 Å². The number of carboxylic acid groups (broad SMARTS) is 1. The number of hydrogen-bond donors (Lipinski definition) is 1. The van der Waals surface area contributed by atoms with E-state index in [4.69, 9.17) is 5.11 Å². The van der Waals surface area contributed by atoms with Gasteiger partial charge in [0.05, 0.1) is 13.0 Å². The molecule has 26 heavy (non-hydrogen) atoms. The third-order valence-electron chi connectivity index (χ3n) is 4.03. The van der Waals surface area contributed by atoms with E-state index in [1.165, 1.54) is 0 Å². The fourth-order valence-electron chi connectivity index (χ4n) is 2.79. The second-order valence-corrected chi connectivity index (χ2v) is 5.98. The number of rotatable bonds is 6. The number of carbonyl (C=O) groups excluding carboxylic acids is 1. The predicted octanol–water partition coefficient (Wildman–Crippen LogP) is 4.16. The molecule has 130 valence electrons. The molecule has 3 aromatic rings. The van der Waals surface area contributed by atoms with Gasteiger partial charge in [0, 0.05) is 11.3 Å². The van der Waals surface area contributed by atoms with Gasteiger partial charge in [-0.25, -0.2) is 0 Å². The van der Waals surface area contributed by atoms with Crippen molar-refractivity contribution in [3.8, 4) is 0 Å². The largest absolute Gasteiger partial charge is 0.481 e. The van der Waals surface area contributed by atoms with Gasteiger partial charge in [0.1, 0.15) is 0 Å². The highest BCUT2D eigenvalue weighted by atomic mass is 16.4. The number of benzene rings is 3. The molecule has 4 heteroatoms. The lowest BCUT2D eigenvalue weighted by Crippen LogP contribution is -2.30. The fraction of sp³-hybridized carbons (Fsp3) is 0.0909. The van der Waals surface area contributed by atoms with Gasteiger partial charge < -0.3 is 10.0 Å². The summed E-state index contributed by atoms with van der Waals surface area (Å²) in [6.45, 7) is 0.408. The van der Waals surface area contributed by atoms with Gasteiger partial charge in [0.25, 0.3) is 5.91 Å². The Morgan fingerprint density at radius 2 is 1.38 bits per heavy atom. The average Bonchev–Trinajstić information content (AvgIpc) is 2.67. The monoisotopic (exact) mass is 345 g/mol. The van der Waals surface area contributed by atoms with Gasteiger partial charge in [0.15, 0.2) is 0 Å². The van der Waals surface area contributed by atoms with Crippen LogP contribution in [0, 0.1) is 0 Å². The molecule has 0 aromatic heterocycles. The first-order chi connectivity index (χ1) is 12.6. The fourth-order valence-corrected chi connectivity index (χ4v) is 2.79. The summed E-state index contributed by atoms with van der Waals surface area (Å²) >= 11 is 0. The van der Waals surface area contributed by atoms with E-state index < -0.39 is 5.97 Å². The molecule has 1 amide bonds. The Morgan fingerprint density at radius 3 is 2.04 bits per heavy atom. The predicted molar refractivity (Wildman–Crippen MR) is 101 cm³/mol. The van der Waals surface area contributed by atoms with Gasteiger partial charge in [-0.15, -0.1) is 0 Å². The molecule has 0 aliphatic rings. The second-order valence-electron chi connectivity index (χ2n) is 5.98. The van der Waals surface area contributed by atoms with Gasteiger partial charge in [-0.2, -0.15) is 0 Å². The van der Waals surface area contributed by atoms with Crippen molar-refractivity contribution in [3.63, 3.8) is 0 Å². The van der Waals surface area contributed by atoms with Crippen LogP contribution in [0.2, 0.25) is 0 Å². The van der Waals surface area contributed by atoms with Gasteiger partial charge in [-0.3, -0.25) is 9.59 Å². The van der Waals surface area contributed by atoms with Crippen LogP contribution in [0.5, 0.6) is 0 Å². The molecule has 0 fully saturated rings. The quantitative estimate of drug-likeness (QED) is 0.730. The van der Waals surface area contributed by atoms with Crippen LogP contribution >= 0.6 is 0 Å². The van der Waals surface area contributed by atoms with E-state index in [1.807, 2.05) is 54.6 Å². The summed E-state index contributed by atoms with van der Waals surface area (Å²) in [7, 11) is 0. The minimum atomic E-state index is -0.897. The summed E-state index contributed by atoms with van der Waals surface area (Å²) in [5, 5.41) is 9.04. The van der Waals surface area contributed by atoms with Crippen LogP contribution in [0.15, 0.2) is 84.9 Å². The van der Waals surface area contributed by atoms with Gasteiger partial charge in [0.2, 0.25) is 0 Å². The van der Waals surface area contributed by atoms with E-state index in [9.17, 15) is 9.59 Å². The molecule has 0 heterocycles. The SMILES string of the molecule is O=C(O)Cc1cccc(N(Cc2ccccc2)C(=O)c2ccccc2)c1. The minimum Gasteiger partial charge on any atom is -0.481 e. The molecule has 0 aliphatic carbocycles. The number of carbonyl (C=O) groups is 2. The van der Waals surface area contributed by atoms with E-state index in [-0.39, 0.29) is 12.3 Å². The first kappa shape index (κ1) is 17.4. The molecular weight excluding hydrogens is 326 g/mol. The van der Waals surface area contributed by atoms with Crippen LogP contribution in [-0.4, -0.2) is 17.0 Å². The highest BCUT2D eigenvalue weighted by Crippen LogP contribution is 2.22. The topological polar surface area (TPSA) is 57.6 Å². The van der Waals surface area contributed by atoms with Crippen molar-refractivity contribution in [1.29, 1.82) is 0 Å². The van der Waals surface area contributed by atoms with Crippen LogP contribution in [0.4, 0.5) is 5.69 Å². The molecule has 0 radical (unpaired) electrons.